The summed E-state index contributed by atoms with van der Waals surface area (Å²) < 4.78 is 1.35. The van der Waals surface area contributed by atoms with Crippen LogP contribution < -0.4 is 0 Å². The maximum Gasteiger partial charge on any atom is 0.0849 e. The highest BCUT2D eigenvalue weighted by Crippen LogP contribution is 2.19. The molecule has 13 heavy (non-hydrogen) atoms. The third kappa shape index (κ3) is 7.83. The molecule has 0 bridgehead atoms. The molecule has 0 aromatic heterocycles. The number of alkyl halides is 1. The zero-order chi connectivity index (χ0) is 10.3. The van der Waals surface area contributed by atoms with E-state index in [9.17, 15) is 0 Å². The molecule has 0 aliphatic carbocycles. The van der Waals surface area contributed by atoms with Crippen molar-refractivity contribution in [2.75, 3.05) is 5.33 Å². The summed E-state index contributed by atoms with van der Waals surface area (Å²) in [6, 6.07) is 0. The van der Waals surface area contributed by atoms with Crippen molar-refractivity contribution in [3.63, 3.8) is 0 Å². The molecular weight excluding hydrogens is 260 g/mol. The van der Waals surface area contributed by atoms with E-state index in [-0.39, 0.29) is 0 Å². The molecule has 0 spiro atoms. The van der Waals surface area contributed by atoms with Gasteiger partial charge in [0, 0.05) is 5.33 Å². The van der Waals surface area contributed by atoms with E-state index >= 15 is 0 Å². The highest BCUT2D eigenvalue weighted by molar-refractivity contribution is 9.09. The van der Waals surface area contributed by atoms with Crippen molar-refractivity contribution in [1.29, 1.82) is 0 Å². The quantitative estimate of drug-likeness (QED) is 0.312. The molecular formula is C10H21BrSSi. The Labute approximate surface area is 97.7 Å². The van der Waals surface area contributed by atoms with Gasteiger partial charge in [-0.1, -0.05) is 48.1 Å². The Morgan fingerprint density at radius 3 is 2.31 bits per heavy atom. The van der Waals surface area contributed by atoms with Gasteiger partial charge in [0.2, 0.25) is 0 Å². The summed E-state index contributed by atoms with van der Waals surface area (Å²) in [5.41, 5.74) is 0. The first-order valence-corrected chi connectivity index (χ1v) is 10.0. The summed E-state index contributed by atoms with van der Waals surface area (Å²) in [5, 5.41) is 1.14. The van der Waals surface area contributed by atoms with Crippen molar-refractivity contribution in [3.8, 4) is 0 Å². The minimum atomic E-state index is -1.11. The third-order valence-electron chi connectivity index (χ3n) is 1.94. The summed E-state index contributed by atoms with van der Waals surface area (Å²) in [6.45, 7) is 7.01. The smallest absolute Gasteiger partial charge is 0.0849 e. The second kappa shape index (κ2) is 7.13. The molecule has 0 amide bonds. The second-order valence-electron chi connectivity index (χ2n) is 4.38. The van der Waals surface area contributed by atoms with Crippen LogP contribution in [0.5, 0.6) is 0 Å². The van der Waals surface area contributed by atoms with E-state index in [0.29, 0.717) is 0 Å². The van der Waals surface area contributed by atoms with Crippen molar-refractivity contribution in [2.24, 2.45) is 0 Å². The van der Waals surface area contributed by atoms with Crippen molar-refractivity contribution in [3.05, 3.63) is 10.6 Å². The lowest BCUT2D eigenvalue weighted by atomic mass is 10.2. The molecule has 0 saturated carbocycles. The molecule has 0 unspecified atom stereocenters. The predicted octanol–water partition coefficient (Wildman–Crippen LogP) is 4.63. The Bertz CT molecular complexity index is 161. The molecule has 0 atom stereocenters. The summed E-state index contributed by atoms with van der Waals surface area (Å²) in [7, 11) is -1.11. The number of hydrogen-bond donors (Lipinski definition) is 1. The number of thiol groups is 1. The van der Waals surface area contributed by atoms with Crippen LogP contribution in [0.15, 0.2) is 10.6 Å². The lowest BCUT2D eigenvalue weighted by Gasteiger charge is -2.15. The Morgan fingerprint density at radius 1 is 1.23 bits per heavy atom. The van der Waals surface area contributed by atoms with Crippen LogP contribution in [0, 0.1) is 0 Å². The molecule has 0 heterocycles. The number of halogens is 1. The van der Waals surface area contributed by atoms with Crippen LogP contribution >= 0.6 is 28.6 Å². The number of allylic oxidation sites excluding steroid dienone is 1. The topological polar surface area (TPSA) is 0 Å². The van der Waals surface area contributed by atoms with Crippen LogP contribution in [0.2, 0.25) is 19.6 Å². The number of rotatable bonds is 6. The first-order chi connectivity index (χ1) is 5.98. The maximum absolute atomic E-state index is 4.55. The SMILES string of the molecule is C[Si](C)(C)/C(S)=C/CCCCCBr. The van der Waals surface area contributed by atoms with Gasteiger partial charge in [0.25, 0.3) is 0 Å². The van der Waals surface area contributed by atoms with E-state index in [2.05, 4.69) is 54.3 Å². The Balaban J connectivity index is 3.60. The van der Waals surface area contributed by atoms with Gasteiger partial charge in [0.05, 0.1) is 8.07 Å². The lowest BCUT2D eigenvalue weighted by Crippen LogP contribution is -2.20. The normalized spacial score (nSPS) is 13.5. The van der Waals surface area contributed by atoms with Gasteiger partial charge in [-0.3, -0.25) is 0 Å². The van der Waals surface area contributed by atoms with Gasteiger partial charge in [-0.2, -0.15) is 12.6 Å². The Hall–Kier alpha value is 0.787. The van der Waals surface area contributed by atoms with Gasteiger partial charge < -0.3 is 0 Å². The van der Waals surface area contributed by atoms with Gasteiger partial charge >= 0.3 is 0 Å². The monoisotopic (exact) mass is 280 g/mol. The molecule has 78 valence electrons. The first-order valence-electron chi connectivity index (χ1n) is 4.94. The number of unbranched alkanes of at least 4 members (excludes halogenated alkanes) is 3. The van der Waals surface area contributed by atoms with Crippen molar-refractivity contribution >= 4 is 36.6 Å². The van der Waals surface area contributed by atoms with Crippen LogP contribution in [-0.4, -0.2) is 13.4 Å². The summed E-state index contributed by atoms with van der Waals surface area (Å²) in [5.74, 6) is 0. The minimum absolute atomic E-state index is 1.11. The average molecular weight is 281 g/mol. The maximum atomic E-state index is 4.55. The van der Waals surface area contributed by atoms with Crippen LogP contribution in [0.25, 0.3) is 0 Å². The van der Waals surface area contributed by atoms with Crippen LogP contribution in [-0.2, 0) is 0 Å². The van der Waals surface area contributed by atoms with Crippen LogP contribution in [0.1, 0.15) is 25.7 Å². The zero-order valence-corrected chi connectivity index (χ0v) is 12.4. The molecule has 0 radical (unpaired) electrons. The van der Waals surface area contributed by atoms with Crippen molar-refractivity contribution in [1.82, 2.24) is 0 Å². The molecule has 0 aromatic rings. The third-order valence-corrected chi connectivity index (χ3v) is 6.44. The molecule has 0 aromatic carbocycles. The fraction of sp³-hybridized carbons (Fsp3) is 0.800. The van der Waals surface area contributed by atoms with Gasteiger partial charge in [0.15, 0.2) is 0 Å². The van der Waals surface area contributed by atoms with E-state index in [4.69, 9.17) is 0 Å². The van der Waals surface area contributed by atoms with Crippen LogP contribution in [0.3, 0.4) is 0 Å². The van der Waals surface area contributed by atoms with E-state index in [1.54, 1.807) is 0 Å². The van der Waals surface area contributed by atoms with E-state index in [0.717, 1.165) is 5.33 Å². The summed E-state index contributed by atoms with van der Waals surface area (Å²) >= 11 is 7.99. The molecule has 0 rings (SSSR count). The highest BCUT2D eigenvalue weighted by Gasteiger charge is 2.15. The minimum Gasteiger partial charge on any atom is -0.153 e. The molecule has 0 saturated heterocycles. The second-order valence-corrected chi connectivity index (χ2v) is 11.1. The van der Waals surface area contributed by atoms with Gasteiger partial charge in [-0.25, -0.2) is 0 Å². The molecule has 0 aliphatic rings. The first kappa shape index (κ1) is 13.8. The lowest BCUT2D eigenvalue weighted by molar-refractivity contribution is 0.737. The Morgan fingerprint density at radius 2 is 1.85 bits per heavy atom. The fourth-order valence-corrected chi connectivity index (χ4v) is 2.24. The molecule has 0 aliphatic heterocycles. The van der Waals surface area contributed by atoms with E-state index in [1.165, 1.54) is 30.2 Å². The van der Waals surface area contributed by atoms with E-state index in [1.807, 2.05) is 0 Å². The van der Waals surface area contributed by atoms with Gasteiger partial charge in [-0.05, 0) is 23.8 Å². The predicted molar refractivity (Wildman–Crippen MR) is 72.7 cm³/mol. The molecule has 0 fully saturated rings. The molecule has 3 heteroatoms. The Kier molecular flexibility index (Phi) is 7.56. The van der Waals surface area contributed by atoms with Crippen LogP contribution in [0.4, 0.5) is 0 Å². The average Bonchev–Trinajstić information content (AvgIpc) is 2.02. The van der Waals surface area contributed by atoms with Crippen molar-refractivity contribution < 1.29 is 0 Å². The highest BCUT2D eigenvalue weighted by atomic mass is 79.9. The largest absolute Gasteiger partial charge is 0.153 e. The standard InChI is InChI=1S/C10H21BrSSi/c1-13(2,3)10(12)8-6-4-5-7-9-11/h8,12H,4-7,9H2,1-3H3/b10-8+. The zero-order valence-electron chi connectivity index (χ0n) is 8.94. The van der Waals surface area contributed by atoms with Gasteiger partial charge in [-0.15, -0.1) is 0 Å². The molecule has 0 nitrogen and oxygen atoms in total. The molecule has 0 N–H and O–H groups in total. The summed E-state index contributed by atoms with van der Waals surface area (Å²) in [6.07, 6.45) is 7.46. The fourth-order valence-electron chi connectivity index (χ4n) is 0.961. The van der Waals surface area contributed by atoms with Crippen molar-refractivity contribution in [2.45, 2.75) is 45.3 Å². The number of hydrogen-bond acceptors (Lipinski definition) is 1. The van der Waals surface area contributed by atoms with E-state index < -0.39 is 8.07 Å². The van der Waals surface area contributed by atoms with Gasteiger partial charge in [0.1, 0.15) is 0 Å². The summed E-state index contributed by atoms with van der Waals surface area (Å²) in [4.78, 5) is 0.